The lowest BCUT2D eigenvalue weighted by Crippen LogP contribution is -3.14. The zero-order valence-electron chi connectivity index (χ0n) is 17.4. The molecule has 1 aromatic carbocycles. The number of amides is 1. The smallest absolute Gasteiger partial charge is 0.270 e. The molecule has 0 spiro atoms. The first-order valence-corrected chi connectivity index (χ1v) is 10.2. The van der Waals surface area contributed by atoms with Gasteiger partial charge < -0.3 is 24.3 Å². The highest BCUT2D eigenvalue weighted by Crippen LogP contribution is 2.23. The molecule has 1 aliphatic rings. The summed E-state index contributed by atoms with van der Waals surface area (Å²) in [5, 5.41) is 7.79. The van der Waals surface area contributed by atoms with Crippen molar-refractivity contribution in [2.75, 3.05) is 46.5 Å². The molecule has 1 fully saturated rings. The van der Waals surface area contributed by atoms with Gasteiger partial charge in [0, 0.05) is 13.2 Å². The standard InChI is InChI=1S/C22H27N5O3/c1-25-10-3-4-20(25)19-16-21(22(28)23-9-11-26-12-14-30-15-13-26)27(24-19)17-5-7-18(29-2)8-6-17/h3-8,10,16H,9,11-15H2,1-2H3,(H,23,28)/p+1. The highest BCUT2D eigenvalue weighted by Gasteiger charge is 2.20. The highest BCUT2D eigenvalue weighted by molar-refractivity contribution is 5.94. The van der Waals surface area contributed by atoms with E-state index in [0.29, 0.717) is 12.2 Å². The maximum absolute atomic E-state index is 13.0. The predicted molar refractivity (Wildman–Crippen MR) is 113 cm³/mol. The second kappa shape index (κ2) is 9.15. The number of aryl methyl sites for hydroxylation is 1. The zero-order chi connectivity index (χ0) is 20.9. The van der Waals surface area contributed by atoms with Crippen molar-refractivity contribution in [3.8, 4) is 22.8 Å². The summed E-state index contributed by atoms with van der Waals surface area (Å²) in [5.41, 5.74) is 3.02. The lowest BCUT2D eigenvalue weighted by molar-refractivity contribution is -0.906. The van der Waals surface area contributed by atoms with Crippen LogP contribution in [-0.4, -0.2) is 66.8 Å². The minimum Gasteiger partial charge on any atom is -0.497 e. The van der Waals surface area contributed by atoms with Crippen LogP contribution in [0, 0.1) is 0 Å². The van der Waals surface area contributed by atoms with Crippen molar-refractivity contribution >= 4 is 5.91 Å². The number of aromatic nitrogens is 3. The summed E-state index contributed by atoms with van der Waals surface area (Å²) in [6.07, 6.45) is 1.96. The monoisotopic (exact) mass is 410 g/mol. The van der Waals surface area contributed by atoms with Gasteiger partial charge in [0.1, 0.15) is 30.2 Å². The molecule has 1 amide bonds. The normalized spacial score (nSPS) is 14.6. The molecule has 0 saturated carbocycles. The van der Waals surface area contributed by atoms with Gasteiger partial charge in [-0.2, -0.15) is 5.10 Å². The molecular formula is C22H28N5O3+. The van der Waals surface area contributed by atoms with E-state index in [4.69, 9.17) is 14.6 Å². The lowest BCUT2D eigenvalue weighted by Gasteiger charge is -2.23. The molecule has 0 aliphatic carbocycles. The predicted octanol–water partition coefficient (Wildman–Crippen LogP) is 0.531. The van der Waals surface area contributed by atoms with Crippen molar-refractivity contribution in [3.05, 3.63) is 54.4 Å². The van der Waals surface area contributed by atoms with Crippen LogP contribution in [0.5, 0.6) is 5.75 Å². The van der Waals surface area contributed by atoms with Crippen LogP contribution in [0.2, 0.25) is 0 Å². The molecule has 0 atom stereocenters. The van der Waals surface area contributed by atoms with Crippen molar-refractivity contribution < 1.29 is 19.2 Å². The number of hydrogen-bond acceptors (Lipinski definition) is 4. The number of hydrogen-bond donors (Lipinski definition) is 2. The molecule has 2 aromatic heterocycles. The van der Waals surface area contributed by atoms with Crippen LogP contribution in [-0.2, 0) is 11.8 Å². The Bertz CT molecular complexity index is 987. The lowest BCUT2D eigenvalue weighted by atomic mass is 10.2. The summed E-state index contributed by atoms with van der Waals surface area (Å²) in [6, 6.07) is 13.3. The Morgan fingerprint density at radius 1 is 1.23 bits per heavy atom. The first-order chi connectivity index (χ1) is 14.7. The molecule has 0 radical (unpaired) electrons. The quantitative estimate of drug-likeness (QED) is 0.596. The average molecular weight is 410 g/mol. The van der Waals surface area contributed by atoms with E-state index in [9.17, 15) is 4.79 Å². The minimum atomic E-state index is -0.133. The Morgan fingerprint density at radius 3 is 2.67 bits per heavy atom. The van der Waals surface area contributed by atoms with Crippen molar-refractivity contribution in [1.82, 2.24) is 19.7 Å². The minimum absolute atomic E-state index is 0.133. The van der Waals surface area contributed by atoms with Crippen LogP contribution in [0.4, 0.5) is 0 Å². The number of benzene rings is 1. The molecule has 30 heavy (non-hydrogen) atoms. The Labute approximate surface area is 176 Å². The van der Waals surface area contributed by atoms with Crippen LogP contribution in [0.15, 0.2) is 48.7 Å². The van der Waals surface area contributed by atoms with E-state index in [1.165, 1.54) is 4.90 Å². The number of ether oxygens (including phenoxy) is 2. The van der Waals surface area contributed by atoms with Gasteiger partial charge in [-0.25, -0.2) is 4.68 Å². The topological polar surface area (TPSA) is 74.8 Å². The second-order valence-electron chi connectivity index (χ2n) is 7.40. The van der Waals surface area contributed by atoms with Crippen LogP contribution >= 0.6 is 0 Å². The SMILES string of the molecule is COc1ccc(-n2nc(-c3cccn3C)cc2C(=O)NCC[NH+]2CCOCC2)cc1. The first kappa shape index (κ1) is 20.2. The van der Waals surface area contributed by atoms with E-state index in [1.54, 1.807) is 11.8 Å². The van der Waals surface area contributed by atoms with E-state index in [1.807, 2.05) is 60.3 Å². The van der Waals surface area contributed by atoms with Crippen LogP contribution in [0.25, 0.3) is 17.1 Å². The number of nitrogens with zero attached hydrogens (tertiary/aromatic N) is 3. The number of morpholine rings is 1. The number of nitrogens with one attached hydrogen (secondary N) is 2. The zero-order valence-corrected chi connectivity index (χ0v) is 17.4. The van der Waals surface area contributed by atoms with Crippen molar-refractivity contribution in [1.29, 1.82) is 0 Å². The summed E-state index contributed by atoms with van der Waals surface area (Å²) in [4.78, 5) is 14.5. The van der Waals surface area contributed by atoms with Gasteiger partial charge in [-0.05, 0) is 42.5 Å². The Kier molecular flexibility index (Phi) is 6.15. The highest BCUT2D eigenvalue weighted by atomic mass is 16.5. The maximum atomic E-state index is 13.0. The molecule has 2 N–H and O–H groups in total. The number of carbonyl (C=O) groups is 1. The first-order valence-electron chi connectivity index (χ1n) is 10.2. The van der Waals surface area contributed by atoms with Gasteiger partial charge in [0.15, 0.2) is 0 Å². The summed E-state index contributed by atoms with van der Waals surface area (Å²) < 4.78 is 14.3. The van der Waals surface area contributed by atoms with E-state index in [-0.39, 0.29) is 5.91 Å². The molecular weight excluding hydrogens is 382 g/mol. The Hall–Kier alpha value is -3.10. The Morgan fingerprint density at radius 2 is 2.00 bits per heavy atom. The van der Waals surface area contributed by atoms with Crippen LogP contribution in [0.3, 0.4) is 0 Å². The third-order valence-corrected chi connectivity index (χ3v) is 5.43. The third-order valence-electron chi connectivity index (χ3n) is 5.43. The molecule has 4 rings (SSSR count). The van der Waals surface area contributed by atoms with Gasteiger partial charge in [0.05, 0.1) is 44.8 Å². The fraction of sp³-hybridized carbons (Fsp3) is 0.364. The second-order valence-corrected chi connectivity index (χ2v) is 7.40. The molecule has 158 valence electrons. The van der Waals surface area contributed by atoms with Gasteiger partial charge in [-0.3, -0.25) is 4.79 Å². The molecule has 8 heteroatoms. The van der Waals surface area contributed by atoms with Gasteiger partial charge in [-0.15, -0.1) is 0 Å². The van der Waals surface area contributed by atoms with E-state index in [0.717, 1.165) is 55.7 Å². The largest absolute Gasteiger partial charge is 0.497 e. The van der Waals surface area contributed by atoms with Crippen molar-refractivity contribution in [2.45, 2.75) is 0 Å². The summed E-state index contributed by atoms with van der Waals surface area (Å²) in [6.45, 7) is 5.04. The molecule has 0 bridgehead atoms. The molecule has 1 saturated heterocycles. The van der Waals surface area contributed by atoms with E-state index in [2.05, 4.69) is 5.32 Å². The number of methoxy groups -OCH3 is 1. The number of rotatable bonds is 7. The fourth-order valence-corrected chi connectivity index (χ4v) is 3.67. The van der Waals surface area contributed by atoms with Gasteiger partial charge in [-0.1, -0.05) is 0 Å². The maximum Gasteiger partial charge on any atom is 0.270 e. The van der Waals surface area contributed by atoms with Crippen molar-refractivity contribution in [2.24, 2.45) is 7.05 Å². The fourth-order valence-electron chi connectivity index (χ4n) is 3.67. The van der Waals surface area contributed by atoms with Gasteiger partial charge in [0.2, 0.25) is 0 Å². The average Bonchev–Trinajstić information content (AvgIpc) is 3.41. The van der Waals surface area contributed by atoms with Gasteiger partial charge >= 0.3 is 0 Å². The summed E-state index contributed by atoms with van der Waals surface area (Å²) in [7, 11) is 3.60. The number of carbonyl (C=O) groups excluding carboxylic acids is 1. The van der Waals surface area contributed by atoms with Crippen molar-refractivity contribution in [3.63, 3.8) is 0 Å². The molecule has 1 aliphatic heterocycles. The Balaban J connectivity index is 1.56. The third kappa shape index (κ3) is 4.39. The molecule has 8 nitrogen and oxygen atoms in total. The van der Waals surface area contributed by atoms with Crippen LogP contribution < -0.4 is 15.0 Å². The molecule has 0 unspecified atom stereocenters. The summed E-state index contributed by atoms with van der Waals surface area (Å²) >= 11 is 0. The van der Waals surface area contributed by atoms with Crippen LogP contribution in [0.1, 0.15) is 10.5 Å². The number of quaternary nitrogens is 1. The molecule has 3 heterocycles. The molecule has 3 aromatic rings. The van der Waals surface area contributed by atoms with Gasteiger partial charge in [0.25, 0.3) is 5.91 Å². The summed E-state index contributed by atoms with van der Waals surface area (Å²) in [5.74, 6) is 0.625. The van der Waals surface area contributed by atoms with E-state index >= 15 is 0 Å². The van der Waals surface area contributed by atoms with E-state index < -0.39 is 0 Å².